The molecule has 1 aliphatic rings. The van der Waals surface area contributed by atoms with Crippen LogP contribution >= 0.6 is 0 Å². The Balaban J connectivity index is 1.64. The zero-order valence-electron chi connectivity index (χ0n) is 13.8. The number of aromatic nitrogens is 1. The van der Waals surface area contributed by atoms with E-state index in [2.05, 4.69) is 21.3 Å². The van der Waals surface area contributed by atoms with Crippen LogP contribution in [0.1, 0.15) is 29.7 Å². The maximum absolute atomic E-state index is 14.2. The molecule has 1 aromatic carbocycles. The minimum absolute atomic E-state index is 0.313. The zero-order valence-corrected chi connectivity index (χ0v) is 13.8. The van der Waals surface area contributed by atoms with Gasteiger partial charge in [0.05, 0.1) is 17.3 Å². The first kappa shape index (κ1) is 16.4. The van der Waals surface area contributed by atoms with E-state index in [1.54, 1.807) is 18.3 Å². The largest absolute Gasteiger partial charge is 0.368 e. The third kappa shape index (κ3) is 3.72. The van der Waals surface area contributed by atoms with Crippen molar-refractivity contribution in [3.8, 4) is 6.07 Å². The van der Waals surface area contributed by atoms with Gasteiger partial charge in [-0.15, -0.1) is 0 Å². The summed E-state index contributed by atoms with van der Waals surface area (Å²) in [7, 11) is 0. The van der Waals surface area contributed by atoms with Crippen LogP contribution in [0.3, 0.4) is 0 Å². The van der Waals surface area contributed by atoms with E-state index in [-0.39, 0.29) is 5.82 Å². The molecule has 0 saturated carbocycles. The number of benzene rings is 1. The number of piperidine rings is 1. The van der Waals surface area contributed by atoms with Gasteiger partial charge in [-0.1, -0.05) is 6.07 Å². The Morgan fingerprint density at radius 1 is 1.42 bits per heavy atom. The number of hydrogen-bond donors (Lipinski definition) is 1. The fraction of sp³-hybridized carbons (Fsp3) is 0.368. The van der Waals surface area contributed by atoms with E-state index in [0.29, 0.717) is 17.3 Å². The fourth-order valence-corrected chi connectivity index (χ4v) is 3.15. The molecule has 1 aromatic heterocycles. The SMILES string of the molecule is Cc1ncccc1CN[C@@H]1CCCN(c2ccc(C#N)cc2F)C1. The van der Waals surface area contributed by atoms with Gasteiger partial charge in [0.15, 0.2) is 0 Å². The average molecular weight is 324 g/mol. The van der Waals surface area contributed by atoms with Crippen molar-refractivity contribution in [3.63, 3.8) is 0 Å². The molecule has 1 saturated heterocycles. The molecule has 1 N–H and O–H groups in total. The maximum Gasteiger partial charge on any atom is 0.147 e. The predicted molar refractivity (Wildman–Crippen MR) is 92.2 cm³/mol. The van der Waals surface area contributed by atoms with Gasteiger partial charge in [-0.2, -0.15) is 5.26 Å². The predicted octanol–water partition coefficient (Wildman–Crippen LogP) is 3.16. The zero-order chi connectivity index (χ0) is 16.9. The molecular weight excluding hydrogens is 303 g/mol. The molecule has 2 heterocycles. The Labute approximate surface area is 141 Å². The lowest BCUT2D eigenvalue weighted by molar-refractivity contribution is 0.418. The molecule has 4 nitrogen and oxygen atoms in total. The summed E-state index contributed by atoms with van der Waals surface area (Å²) >= 11 is 0. The van der Waals surface area contributed by atoms with Gasteiger partial charge in [-0.05, 0) is 49.6 Å². The Hall–Kier alpha value is -2.45. The van der Waals surface area contributed by atoms with Gasteiger partial charge in [0.1, 0.15) is 5.82 Å². The maximum atomic E-state index is 14.2. The normalized spacial score (nSPS) is 17.5. The first-order valence-electron chi connectivity index (χ1n) is 8.26. The highest BCUT2D eigenvalue weighted by molar-refractivity contribution is 5.51. The third-order valence-electron chi connectivity index (χ3n) is 4.54. The van der Waals surface area contributed by atoms with Gasteiger partial charge in [-0.3, -0.25) is 4.98 Å². The number of halogens is 1. The van der Waals surface area contributed by atoms with Crippen LogP contribution in [-0.2, 0) is 6.54 Å². The Morgan fingerprint density at radius 3 is 3.04 bits per heavy atom. The van der Waals surface area contributed by atoms with Gasteiger partial charge in [0, 0.05) is 37.6 Å². The average Bonchev–Trinajstić information content (AvgIpc) is 2.61. The molecular formula is C19H21FN4. The number of rotatable bonds is 4. The van der Waals surface area contributed by atoms with Crippen LogP contribution in [0.15, 0.2) is 36.5 Å². The van der Waals surface area contributed by atoms with Crippen molar-refractivity contribution in [1.82, 2.24) is 10.3 Å². The van der Waals surface area contributed by atoms with Crippen LogP contribution in [0.2, 0.25) is 0 Å². The van der Waals surface area contributed by atoms with E-state index < -0.39 is 0 Å². The van der Waals surface area contributed by atoms with Crippen molar-refractivity contribution in [1.29, 1.82) is 5.26 Å². The van der Waals surface area contributed by atoms with Gasteiger partial charge < -0.3 is 10.2 Å². The van der Waals surface area contributed by atoms with Gasteiger partial charge in [-0.25, -0.2) is 4.39 Å². The monoisotopic (exact) mass is 324 g/mol. The van der Waals surface area contributed by atoms with Crippen molar-refractivity contribution in [2.45, 2.75) is 32.4 Å². The minimum Gasteiger partial charge on any atom is -0.368 e. The summed E-state index contributed by atoms with van der Waals surface area (Å²) in [6, 6.07) is 11.0. The highest BCUT2D eigenvalue weighted by atomic mass is 19.1. The van der Waals surface area contributed by atoms with Crippen LogP contribution in [0.25, 0.3) is 0 Å². The molecule has 3 rings (SSSR count). The molecule has 124 valence electrons. The molecule has 2 aromatic rings. The second-order valence-electron chi connectivity index (χ2n) is 6.19. The molecule has 5 heteroatoms. The Kier molecular flexibility index (Phi) is 5.07. The summed E-state index contributed by atoms with van der Waals surface area (Å²) in [4.78, 5) is 6.37. The summed E-state index contributed by atoms with van der Waals surface area (Å²) in [5.41, 5.74) is 3.17. The van der Waals surface area contributed by atoms with Crippen LogP contribution in [0, 0.1) is 24.1 Å². The second kappa shape index (κ2) is 7.41. The number of hydrogen-bond acceptors (Lipinski definition) is 4. The summed E-state index contributed by atoms with van der Waals surface area (Å²) in [5.74, 6) is -0.321. The number of aryl methyl sites for hydroxylation is 1. The lowest BCUT2D eigenvalue weighted by Crippen LogP contribution is -2.45. The number of nitrogens with zero attached hydrogens (tertiary/aromatic N) is 3. The standard InChI is InChI=1S/C19H21FN4/c1-14-16(4-2-8-22-14)12-23-17-5-3-9-24(13-17)19-7-6-15(11-21)10-18(19)20/h2,4,6-8,10,17,23H,3,5,9,12-13H2,1H3/t17-/m1/s1. The number of pyridine rings is 1. The molecule has 1 atom stereocenters. The molecule has 1 aliphatic heterocycles. The highest BCUT2D eigenvalue weighted by Gasteiger charge is 2.22. The Bertz CT molecular complexity index is 753. The summed E-state index contributed by atoms with van der Waals surface area (Å²) < 4.78 is 14.2. The lowest BCUT2D eigenvalue weighted by atomic mass is 10.0. The van der Waals surface area contributed by atoms with E-state index in [1.807, 2.05) is 19.1 Å². The highest BCUT2D eigenvalue weighted by Crippen LogP contribution is 2.24. The topological polar surface area (TPSA) is 52.0 Å². The van der Waals surface area contributed by atoms with Gasteiger partial charge in [0.2, 0.25) is 0 Å². The molecule has 0 unspecified atom stereocenters. The van der Waals surface area contributed by atoms with Crippen molar-refractivity contribution >= 4 is 5.69 Å². The Morgan fingerprint density at radius 2 is 2.29 bits per heavy atom. The van der Waals surface area contributed by atoms with Crippen molar-refractivity contribution < 1.29 is 4.39 Å². The number of anilines is 1. The summed E-state index contributed by atoms with van der Waals surface area (Å²) in [5, 5.41) is 12.4. The van der Waals surface area contributed by atoms with Crippen LogP contribution < -0.4 is 10.2 Å². The van der Waals surface area contributed by atoms with E-state index in [1.165, 1.54) is 11.6 Å². The molecule has 0 radical (unpaired) electrons. The summed E-state index contributed by atoms with van der Waals surface area (Å²) in [6.07, 6.45) is 3.89. The van der Waals surface area contributed by atoms with Crippen LogP contribution in [0.5, 0.6) is 0 Å². The first-order chi connectivity index (χ1) is 11.7. The van der Waals surface area contributed by atoms with Crippen molar-refractivity contribution in [3.05, 3.63) is 59.2 Å². The van der Waals surface area contributed by atoms with Crippen LogP contribution in [0.4, 0.5) is 10.1 Å². The van der Waals surface area contributed by atoms with Gasteiger partial charge in [0.25, 0.3) is 0 Å². The molecule has 24 heavy (non-hydrogen) atoms. The van der Waals surface area contributed by atoms with E-state index in [9.17, 15) is 4.39 Å². The van der Waals surface area contributed by atoms with E-state index in [4.69, 9.17) is 5.26 Å². The fourth-order valence-electron chi connectivity index (χ4n) is 3.15. The first-order valence-corrected chi connectivity index (χ1v) is 8.26. The molecule has 1 fully saturated rings. The second-order valence-corrected chi connectivity index (χ2v) is 6.19. The van der Waals surface area contributed by atoms with E-state index in [0.717, 1.165) is 38.2 Å². The third-order valence-corrected chi connectivity index (χ3v) is 4.54. The van der Waals surface area contributed by atoms with Crippen molar-refractivity contribution in [2.24, 2.45) is 0 Å². The molecule has 0 spiro atoms. The quantitative estimate of drug-likeness (QED) is 0.938. The summed E-state index contributed by atoms with van der Waals surface area (Å²) in [6.45, 7) is 4.39. The van der Waals surface area contributed by atoms with Crippen LogP contribution in [-0.4, -0.2) is 24.1 Å². The van der Waals surface area contributed by atoms with Gasteiger partial charge >= 0.3 is 0 Å². The molecule has 0 bridgehead atoms. The smallest absolute Gasteiger partial charge is 0.147 e. The number of nitriles is 1. The molecule has 0 aliphatic carbocycles. The molecule has 0 amide bonds. The number of nitrogens with one attached hydrogen (secondary N) is 1. The van der Waals surface area contributed by atoms with E-state index >= 15 is 0 Å². The van der Waals surface area contributed by atoms with Crippen molar-refractivity contribution in [2.75, 3.05) is 18.0 Å². The minimum atomic E-state index is -0.321. The lowest BCUT2D eigenvalue weighted by Gasteiger charge is -2.35.